The first-order chi connectivity index (χ1) is 8.24. The quantitative estimate of drug-likeness (QED) is 0.741. The van der Waals surface area contributed by atoms with Crippen molar-refractivity contribution < 1.29 is 8.78 Å². The molecule has 1 aromatic heterocycles. The predicted molar refractivity (Wildman–Crippen MR) is 59.6 cm³/mol. The van der Waals surface area contributed by atoms with E-state index in [0.29, 0.717) is 18.4 Å². The zero-order valence-corrected chi connectivity index (χ0v) is 9.24. The van der Waals surface area contributed by atoms with Gasteiger partial charge in [0.05, 0.1) is 6.33 Å². The second-order valence-corrected chi connectivity index (χ2v) is 4.43. The van der Waals surface area contributed by atoms with Crippen LogP contribution < -0.4 is 0 Å². The normalized spacial score (nSPS) is 19.1. The van der Waals surface area contributed by atoms with Crippen LogP contribution in [-0.2, 0) is 12.8 Å². The van der Waals surface area contributed by atoms with Crippen LogP contribution in [0.3, 0.4) is 0 Å². The first-order valence-electron chi connectivity index (χ1n) is 5.68. The molecule has 1 aliphatic rings. The van der Waals surface area contributed by atoms with Crippen LogP contribution in [0, 0.1) is 11.6 Å². The van der Waals surface area contributed by atoms with Gasteiger partial charge in [-0.3, -0.25) is 0 Å². The van der Waals surface area contributed by atoms with Gasteiger partial charge >= 0.3 is 0 Å². The van der Waals surface area contributed by atoms with Crippen LogP contribution in [0.1, 0.15) is 23.6 Å². The fraction of sp³-hybridized carbons (Fsp3) is 0.308. The first-order valence-corrected chi connectivity index (χ1v) is 5.68. The minimum Gasteiger partial charge on any atom is -0.334 e. The van der Waals surface area contributed by atoms with E-state index in [0.717, 1.165) is 18.1 Å². The van der Waals surface area contributed by atoms with Crippen LogP contribution in [0.4, 0.5) is 8.78 Å². The van der Waals surface area contributed by atoms with Gasteiger partial charge in [-0.25, -0.2) is 13.8 Å². The Balaban J connectivity index is 1.95. The van der Waals surface area contributed by atoms with Crippen molar-refractivity contribution >= 4 is 0 Å². The molecule has 3 rings (SSSR count). The van der Waals surface area contributed by atoms with Gasteiger partial charge in [0, 0.05) is 24.5 Å². The molecule has 4 heteroatoms. The van der Waals surface area contributed by atoms with E-state index in [1.54, 1.807) is 12.5 Å². The van der Waals surface area contributed by atoms with Crippen molar-refractivity contribution in [1.29, 1.82) is 0 Å². The van der Waals surface area contributed by atoms with Crippen LogP contribution in [0.2, 0.25) is 0 Å². The summed E-state index contributed by atoms with van der Waals surface area (Å²) in [7, 11) is 0. The van der Waals surface area contributed by atoms with Gasteiger partial charge in [0.2, 0.25) is 0 Å². The van der Waals surface area contributed by atoms with Crippen molar-refractivity contribution in [2.75, 3.05) is 0 Å². The smallest absolute Gasteiger partial charge is 0.129 e. The number of rotatable bonds is 1. The highest BCUT2D eigenvalue weighted by Crippen LogP contribution is 2.30. The molecule has 0 saturated carbocycles. The molecule has 0 fully saturated rings. The summed E-state index contributed by atoms with van der Waals surface area (Å²) >= 11 is 0. The number of aromatic nitrogens is 2. The Kier molecular flexibility index (Phi) is 2.42. The first kappa shape index (κ1) is 10.4. The van der Waals surface area contributed by atoms with Gasteiger partial charge in [-0.1, -0.05) is 0 Å². The SMILES string of the molecule is Fc1cc(F)c2c(c1)CC(n1ccnc1)CC2. The van der Waals surface area contributed by atoms with E-state index >= 15 is 0 Å². The molecule has 1 unspecified atom stereocenters. The maximum absolute atomic E-state index is 13.5. The molecule has 0 aliphatic heterocycles. The van der Waals surface area contributed by atoms with Crippen LogP contribution in [0.25, 0.3) is 0 Å². The monoisotopic (exact) mass is 234 g/mol. The third-order valence-corrected chi connectivity index (χ3v) is 3.38. The topological polar surface area (TPSA) is 17.8 Å². The molecule has 2 aromatic rings. The fourth-order valence-electron chi connectivity index (χ4n) is 2.53. The summed E-state index contributed by atoms with van der Waals surface area (Å²) in [5.41, 5.74) is 1.45. The van der Waals surface area contributed by atoms with Crippen LogP contribution in [0.15, 0.2) is 30.9 Å². The lowest BCUT2D eigenvalue weighted by Crippen LogP contribution is -2.18. The van der Waals surface area contributed by atoms with Crippen molar-refractivity contribution in [3.05, 3.63) is 53.6 Å². The van der Waals surface area contributed by atoms with E-state index in [4.69, 9.17) is 0 Å². The molecular weight excluding hydrogens is 222 g/mol. The Morgan fingerprint density at radius 2 is 2.18 bits per heavy atom. The number of hydrogen-bond donors (Lipinski definition) is 0. The Hall–Kier alpha value is -1.71. The van der Waals surface area contributed by atoms with Gasteiger partial charge in [-0.2, -0.15) is 0 Å². The highest BCUT2D eigenvalue weighted by atomic mass is 19.1. The molecule has 2 nitrogen and oxygen atoms in total. The molecule has 1 heterocycles. The minimum atomic E-state index is -0.493. The summed E-state index contributed by atoms with van der Waals surface area (Å²) in [4.78, 5) is 4.00. The van der Waals surface area contributed by atoms with Gasteiger partial charge in [0.15, 0.2) is 0 Å². The molecule has 1 aliphatic carbocycles. The molecule has 17 heavy (non-hydrogen) atoms. The van der Waals surface area contributed by atoms with Crippen molar-refractivity contribution in [2.45, 2.75) is 25.3 Å². The zero-order chi connectivity index (χ0) is 11.8. The number of nitrogens with zero attached hydrogens (tertiary/aromatic N) is 2. The average molecular weight is 234 g/mol. The molecule has 0 saturated heterocycles. The van der Waals surface area contributed by atoms with E-state index in [9.17, 15) is 8.78 Å². The van der Waals surface area contributed by atoms with Crippen molar-refractivity contribution in [3.8, 4) is 0 Å². The van der Waals surface area contributed by atoms with E-state index < -0.39 is 11.6 Å². The number of halogens is 2. The van der Waals surface area contributed by atoms with Gasteiger partial charge in [-0.15, -0.1) is 0 Å². The van der Waals surface area contributed by atoms with Gasteiger partial charge < -0.3 is 4.57 Å². The third-order valence-electron chi connectivity index (χ3n) is 3.38. The molecule has 1 aromatic carbocycles. The highest BCUT2D eigenvalue weighted by Gasteiger charge is 2.22. The number of hydrogen-bond acceptors (Lipinski definition) is 1. The Labute approximate surface area is 97.9 Å². The van der Waals surface area contributed by atoms with Crippen LogP contribution >= 0.6 is 0 Å². The zero-order valence-electron chi connectivity index (χ0n) is 9.24. The largest absolute Gasteiger partial charge is 0.334 e. The fourth-order valence-corrected chi connectivity index (χ4v) is 2.53. The summed E-state index contributed by atoms with van der Waals surface area (Å²) in [5, 5.41) is 0. The lowest BCUT2D eigenvalue weighted by atomic mass is 9.87. The third kappa shape index (κ3) is 1.84. The minimum absolute atomic E-state index is 0.256. The average Bonchev–Trinajstić information content (AvgIpc) is 2.81. The lowest BCUT2D eigenvalue weighted by molar-refractivity contribution is 0.429. The van der Waals surface area contributed by atoms with E-state index in [1.165, 1.54) is 6.07 Å². The van der Waals surface area contributed by atoms with E-state index in [1.807, 2.05) is 10.8 Å². The summed E-state index contributed by atoms with van der Waals surface area (Å²) in [6.07, 6.45) is 7.56. The maximum Gasteiger partial charge on any atom is 0.129 e. The molecular formula is C13H12F2N2. The Morgan fingerprint density at radius 3 is 2.94 bits per heavy atom. The van der Waals surface area contributed by atoms with Crippen LogP contribution in [-0.4, -0.2) is 9.55 Å². The second kappa shape index (κ2) is 3.95. The summed E-state index contributed by atoms with van der Waals surface area (Å²) in [6.45, 7) is 0. The Morgan fingerprint density at radius 1 is 1.29 bits per heavy atom. The predicted octanol–water partition coefficient (Wildman–Crippen LogP) is 2.89. The molecule has 0 N–H and O–H groups in total. The van der Waals surface area contributed by atoms with Crippen LogP contribution in [0.5, 0.6) is 0 Å². The highest BCUT2D eigenvalue weighted by molar-refractivity contribution is 5.32. The van der Waals surface area contributed by atoms with Gasteiger partial charge in [0.1, 0.15) is 11.6 Å². The van der Waals surface area contributed by atoms with Crippen molar-refractivity contribution in [2.24, 2.45) is 0 Å². The van der Waals surface area contributed by atoms with E-state index in [-0.39, 0.29) is 6.04 Å². The van der Waals surface area contributed by atoms with Crippen molar-refractivity contribution in [1.82, 2.24) is 9.55 Å². The van der Waals surface area contributed by atoms with Crippen molar-refractivity contribution in [3.63, 3.8) is 0 Å². The Bertz CT molecular complexity index is 535. The summed E-state index contributed by atoms with van der Waals surface area (Å²) in [6, 6.07) is 2.67. The van der Waals surface area contributed by atoms with E-state index in [2.05, 4.69) is 4.98 Å². The molecule has 0 amide bonds. The second-order valence-electron chi connectivity index (χ2n) is 4.43. The number of fused-ring (bicyclic) bond motifs is 1. The lowest BCUT2D eigenvalue weighted by Gasteiger charge is -2.25. The number of benzene rings is 1. The number of imidazole rings is 1. The molecule has 1 atom stereocenters. The van der Waals surface area contributed by atoms with Gasteiger partial charge in [-0.05, 0) is 36.5 Å². The van der Waals surface area contributed by atoms with Gasteiger partial charge in [0.25, 0.3) is 0 Å². The molecule has 0 spiro atoms. The maximum atomic E-state index is 13.5. The molecule has 0 bridgehead atoms. The summed E-state index contributed by atoms with van der Waals surface area (Å²) in [5.74, 6) is -0.906. The standard InChI is InChI=1S/C13H12F2N2/c14-10-5-9-6-11(17-4-3-16-8-17)1-2-12(9)13(15)7-10/h3-5,7-8,11H,1-2,6H2. The summed E-state index contributed by atoms with van der Waals surface area (Å²) < 4.78 is 28.7. The molecule has 88 valence electrons. The molecule has 0 radical (unpaired) electrons.